The zero-order valence-electron chi connectivity index (χ0n) is 14.8. The van der Waals surface area contributed by atoms with Crippen LogP contribution in [0.15, 0.2) is 42.1 Å². The second kappa shape index (κ2) is 7.31. The summed E-state index contributed by atoms with van der Waals surface area (Å²) in [5, 5.41) is 3.46. The normalized spacial score (nSPS) is 18.5. The largest absolute Gasteiger partial charge is 0.372 e. The van der Waals surface area contributed by atoms with E-state index < -0.39 is 5.41 Å². The fourth-order valence-electron chi connectivity index (χ4n) is 3.01. The molecule has 0 aliphatic heterocycles. The van der Waals surface area contributed by atoms with Crippen LogP contribution in [-0.2, 0) is 9.53 Å². The monoisotopic (exact) mass is 315 g/mol. The van der Waals surface area contributed by atoms with Crippen LogP contribution in [0.5, 0.6) is 0 Å². The Balaban J connectivity index is 2.38. The molecule has 0 amide bonds. The molecule has 0 unspecified atom stereocenters. The molecular formula is C20H29NO2. The van der Waals surface area contributed by atoms with Crippen molar-refractivity contribution in [2.24, 2.45) is 5.41 Å². The third-order valence-electron chi connectivity index (χ3n) is 4.61. The summed E-state index contributed by atoms with van der Waals surface area (Å²) in [5.74, 6) is 0.123. The molecule has 2 rings (SSSR count). The number of hydrogen-bond donors (Lipinski definition) is 1. The number of rotatable bonds is 5. The number of benzene rings is 1. The van der Waals surface area contributed by atoms with E-state index in [1.54, 1.807) is 13.2 Å². The Bertz CT molecular complexity index is 549. The number of allylic oxidation sites excluding steroid dienone is 1. The Labute approximate surface area is 140 Å². The van der Waals surface area contributed by atoms with Gasteiger partial charge in [0.15, 0.2) is 5.78 Å². The Morgan fingerprint density at radius 3 is 2.26 bits per heavy atom. The van der Waals surface area contributed by atoms with Gasteiger partial charge in [-0.1, -0.05) is 58.2 Å². The number of ketones is 1. The summed E-state index contributed by atoms with van der Waals surface area (Å²) in [4.78, 5) is 12.6. The summed E-state index contributed by atoms with van der Waals surface area (Å²) in [7, 11) is 1.76. The predicted octanol–water partition coefficient (Wildman–Crippen LogP) is 4.95. The molecule has 1 aromatic rings. The molecule has 0 radical (unpaired) electrons. The van der Waals surface area contributed by atoms with Gasteiger partial charge in [0.2, 0.25) is 0 Å². The molecule has 0 spiro atoms. The lowest BCUT2D eigenvalue weighted by atomic mass is 9.80. The van der Waals surface area contributed by atoms with Crippen LogP contribution in [0.25, 0.3) is 0 Å². The summed E-state index contributed by atoms with van der Waals surface area (Å²) in [6, 6.07) is 10.0. The molecule has 0 saturated heterocycles. The van der Waals surface area contributed by atoms with E-state index in [-0.39, 0.29) is 11.4 Å². The molecule has 0 bridgehead atoms. The zero-order chi connectivity index (χ0) is 16.9. The molecule has 126 valence electrons. The second-order valence-corrected chi connectivity index (χ2v) is 7.42. The lowest BCUT2D eigenvalue weighted by Gasteiger charge is -2.38. The average Bonchev–Trinajstić information content (AvgIpc) is 2.55. The molecule has 1 aromatic carbocycles. The number of ether oxygens (including phenoxy) is 1. The molecule has 23 heavy (non-hydrogen) atoms. The van der Waals surface area contributed by atoms with E-state index in [0.717, 1.165) is 37.1 Å². The summed E-state index contributed by atoms with van der Waals surface area (Å²) < 4.78 is 5.94. The quantitative estimate of drug-likeness (QED) is 0.782. The van der Waals surface area contributed by atoms with Gasteiger partial charge in [-0.25, -0.2) is 0 Å². The Kier molecular flexibility index (Phi) is 5.64. The van der Waals surface area contributed by atoms with Gasteiger partial charge in [-0.05, 0) is 25.0 Å². The van der Waals surface area contributed by atoms with Gasteiger partial charge in [-0.2, -0.15) is 0 Å². The van der Waals surface area contributed by atoms with Crippen molar-refractivity contribution < 1.29 is 9.53 Å². The summed E-state index contributed by atoms with van der Waals surface area (Å²) in [6.07, 6.45) is 7.16. The predicted molar refractivity (Wildman–Crippen MR) is 95.4 cm³/mol. The standard InChI is InChI=1S/C20H29NO2/c1-19(2,3)18(22)15-17(21-16-11-7-5-8-12-16)20(23-4)13-9-6-10-14-20/h5,7-8,11-12,15,21H,6,9-10,13-14H2,1-4H3/b17-15-. The molecule has 1 aliphatic rings. The first kappa shape index (κ1) is 17.7. The van der Waals surface area contributed by atoms with Crippen LogP contribution < -0.4 is 5.32 Å². The van der Waals surface area contributed by atoms with E-state index >= 15 is 0 Å². The highest BCUT2D eigenvalue weighted by Gasteiger charge is 2.37. The average molecular weight is 315 g/mol. The van der Waals surface area contributed by atoms with Gasteiger partial charge in [0.25, 0.3) is 0 Å². The molecule has 1 saturated carbocycles. The molecule has 1 fully saturated rings. The summed E-state index contributed by atoms with van der Waals surface area (Å²) in [5.41, 5.74) is 1.11. The van der Waals surface area contributed by atoms with E-state index in [1.165, 1.54) is 6.42 Å². The minimum Gasteiger partial charge on any atom is -0.372 e. The van der Waals surface area contributed by atoms with E-state index in [9.17, 15) is 4.79 Å². The number of hydrogen-bond acceptors (Lipinski definition) is 3. The van der Waals surface area contributed by atoms with Crippen molar-refractivity contribution in [1.29, 1.82) is 0 Å². The molecular weight excluding hydrogens is 286 g/mol. The van der Waals surface area contributed by atoms with E-state index in [0.29, 0.717) is 0 Å². The Morgan fingerprint density at radius 1 is 1.13 bits per heavy atom. The second-order valence-electron chi connectivity index (χ2n) is 7.42. The van der Waals surface area contributed by atoms with Gasteiger partial charge in [-0.15, -0.1) is 0 Å². The van der Waals surface area contributed by atoms with Crippen molar-refractivity contribution >= 4 is 11.5 Å². The van der Waals surface area contributed by atoms with Crippen LogP contribution >= 0.6 is 0 Å². The van der Waals surface area contributed by atoms with Gasteiger partial charge in [0.1, 0.15) is 5.60 Å². The van der Waals surface area contributed by atoms with Crippen molar-refractivity contribution in [3.8, 4) is 0 Å². The van der Waals surface area contributed by atoms with Gasteiger partial charge in [0.05, 0.1) is 5.70 Å². The minimum atomic E-state index is -0.396. The highest BCUT2D eigenvalue weighted by molar-refractivity contribution is 5.95. The third kappa shape index (κ3) is 4.44. The maximum Gasteiger partial charge on any atom is 0.162 e. The lowest BCUT2D eigenvalue weighted by molar-refractivity contribution is -0.121. The third-order valence-corrected chi connectivity index (χ3v) is 4.61. The molecule has 3 nitrogen and oxygen atoms in total. The molecule has 3 heteroatoms. The molecule has 0 heterocycles. The maximum absolute atomic E-state index is 12.6. The van der Waals surface area contributed by atoms with Gasteiger partial charge >= 0.3 is 0 Å². The summed E-state index contributed by atoms with van der Waals surface area (Å²) >= 11 is 0. The van der Waals surface area contributed by atoms with Gasteiger partial charge in [-0.3, -0.25) is 4.79 Å². The SMILES string of the molecule is COC1(/C(=C/C(=O)C(C)(C)C)Nc2ccccc2)CCCCC1. The van der Waals surface area contributed by atoms with E-state index in [2.05, 4.69) is 5.32 Å². The Morgan fingerprint density at radius 2 is 1.74 bits per heavy atom. The van der Waals surface area contributed by atoms with Crippen molar-refractivity contribution in [1.82, 2.24) is 0 Å². The first-order chi connectivity index (χ1) is 10.9. The van der Waals surface area contributed by atoms with Crippen LogP contribution in [0.3, 0.4) is 0 Å². The molecule has 0 atom stereocenters. The van der Waals surface area contributed by atoms with Crippen LogP contribution in [0.4, 0.5) is 5.69 Å². The van der Waals surface area contributed by atoms with Crippen molar-refractivity contribution in [3.05, 3.63) is 42.1 Å². The molecule has 1 aliphatic carbocycles. The molecule has 0 aromatic heterocycles. The van der Waals surface area contributed by atoms with Gasteiger partial charge in [0, 0.05) is 24.3 Å². The zero-order valence-corrected chi connectivity index (χ0v) is 14.8. The summed E-state index contributed by atoms with van der Waals surface area (Å²) in [6.45, 7) is 5.85. The van der Waals surface area contributed by atoms with Crippen LogP contribution in [-0.4, -0.2) is 18.5 Å². The number of anilines is 1. The highest BCUT2D eigenvalue weighted by Crippen LogP contribution is 2.38. The number of carbonyl (C=O) groups is 1. The number of nitrogens with one attached hydrogen (secondary N) is 1. The molecule has 1 N–H and O–H groups in total. The minimum absolute atomic E-state index is 0.123. The van der Waals surface area contributed by atoms with E-state index in [4.69, 9.17) is 4.74 Å². The Hall–Kier alpha value is -1.61. The number of methoxy groups -OCH3 is 1. The highest BCUT2D eigenvalue weighted by atomic mass is 16.5. The van der Waals surface area contributed by atoms with E-state index in [1.807, 2.05) is 51.1 Å². The maximum atomic E-state index is 12.6. The van der Waals surface area contributed by atoms with Crippen LogP contribution in [0, 0.1) is 5.41 Å². The lowest BCUT2D eigenvalue weighted by Crippen LogP contribution is -2.40. The van der Waals surface area contributed by atoms with Crippen LogP contribution in [0.1, 0.15) is 52.9 Å². The number of para-hydroxylation sites is 1. The fourth-order valence-corrected chi connectivity index (χ4v) is 3.01. The first-order valence-corrected chi connectivity index (χ1v) is 8.51. The van der Waals surface area contributed by atoms with Crippen molar-refractivity contribution in [2.45, 2.75) is 58.5 Å². The fraction of sp³-hybridized carbons (Fsp3) is 0.550. The van der Waals surface area contributed by atoms with Crippen molar-refractivity contribution in [2.75, 3.05) is 12.4 Å². The first-order valence-electron chi connectivity index (χ1n) is 8.51. The topological polar surface area (TPSA) is 38.3 Å². The van der Waals surface area contributed by atoms with Gasteiger partial charge < -0.3 is 10.1 Å². The van der Waals surface area contributed by atoms with Crippen molar-refractivity contribution in [3.63, 3.8) is 0 Å². The van der Waals surface area contributed by atoms with Crippen LogP contribution in [0.2, 0.25) is 0 Å². The number of carbonyl (C=O) groups excluding carboxylic acids is 1. The smallest absolute Gasteiger partial charge is 0.162 e.